The quantitative estimate of drug-likeness (QED) is 0.599. The molecule has 23 heavy (non-hydrogen) atoms. The van der Waals surface area contributed by atoms with Crippen molar-refractivity contribution in [3.63, 3.8) is 0 Å². The number of nitrogens with zero attached hydrogens (tertiary/aromatic N) is 1. The number of hydrogen-bond acceptors (Lipinski definition) is 4. The highest BCUT2D eigenvalue weighted by atomic mass is 31.2. The molecular weight excluding hydrogens is 309 g/mol. The molecule has 2 aromatic rings. The summed E-state index contributed by atoms with van der Waals surface area (Å²) in [6.45, 7) is 4.99. The van der Waals surface area contributed by atoms with Crippen molar-refractivity contribution < 1.29 is 13.6 Å². The van der Waals surface area contributed by atoms with E-state index in [1.54, 1.807) is 0 Å². The SMILES string of the molecule is CCOP(=O)(CCN(c1ccccc1)c1ccccc1)OCC. The van der Waals surface area contributed by atoms with Crippen LogP contribution in [-0.2, 0) is 13.6 Å². The predicted molar refractivity (Wildman–Crippen MR) is 95.6 cm³/mol. The fraction of sp³-hybridized carbons (Fsp3) is 0.333. The molecule has 2 aromatic carbocycles. The molecule has 0 aliphatic heterocycles. The van der Waals surface area contributed by atoms with Crippen LogP contribution in [0.25, 0.3) is 0 Å². The Morgan fingerprint density at radius 3 is 1.65 bits per heavy atom. The monoisotopic (exact) mass is 333 g/mol. The first-order chi connectivity index (χ1) is 11.2. The highest BCUT2D eigenvalue weighted by Gasteiger charge is 2.25. The average molecular weight is 333 g/mol. The zero-order chi connectivity index (χ0) is 16.5. The first kappa shape index (κ1) is 17.7. The molecule has 5 heteroatoms. The molecule has 0 fully saturated rings. The van der Waals surface area contributed by atoms with E-state index in [1.807, 2.05) is 74.5 Å². The van der Waals surface area contributed by atoms with Crippen molar-refractivity contribution in [2.45, 2.75) is 13.8 Å². The zero-order valence-electron chi connectivity index (χ0n) is 13.7. The minimum atomic E-state index is -3.06. The molecule has 0 atom stereocenters. The number of para-hydroxylation sites is 2. The fourth-order valence-electron chi connectivity index (χ4n) is 2.41. The van der Waals surface area contributed by atoms with Gasteiger partial charge < -0.3 is 13.9 Å². The lowest BCUT2D eigenvalue weighted by Gasteiger charge is -2.27. The van der Waals surface area contributed by atoms with E-state index in [9.17, 15) is 4.57 Å². The average Bonchev–Trinajstić information content (AvgIpc) is 2.57. The van der Waals surface area contributed by atoms with Gasteiger partial charge in [-0.05, 0) is 38.1 Å². The maximum Gasteiger partial charge on any atom is 0.332 e. The molecule has 0 saturated heterocycles. The molecule has 0 unspecified atom stereocenters. The van der Waals surface area contributed by atoms with Crippen molar-refractivity contribution in [2.24, 2.45) is 0 Å². The van der Waals surface area contributed by atoms with Crippen LogP contribution in [0.3, 0.4) is 0 Å². The summed E-state index contributed by atoms with van der Waals surface area (Å²) >= 11 is 0. The van der Waals surface area contributed by atoms with E-state index >= 15 is 0 Å². The van der Waals surface area contributed by atoms with Crippen molar-refractivity contribution >= 4 is 19.0 Å². The van der Waals surface area contributed by atoms with Gasteiger partial charge in [0.05, 0.1) is 19.4 Å². The molecule has 4 nitrogen and oxygen atoms in total. The van der Waals surface area contributed by atoms with Crippen LogP contribution in [0.5, 0.6) is 0 Å². The second-order valence-electron chi connectivity index (χ2n) is 4.99. The molecule has 0 aliphatic rings. The molecule has 0 amide bonds. The second-order valence-corrected chi connectivity index (χ2v) is 7.18. The Balaban J connectivity index is 2.20. The van der Waals surface area contributed by atoms with Crippen molar-refractivity contribution in [1.82, 2.24) is 0 Å². The highest BCUT2D eigenvalue weighted by molar-refractivity contribution is 7.53. The largest absolute Gasteiger partial charge is 0.341 e. The molecule has 0 N–H and O–H groups in total. The summed E-state index contributed by atoms with van der Waals surface area (Å²) < 4.78 is 23.5. The number of rotatable bonds is 9. The van der Waals surface area contributed by atoms with Crippen LogP contribution >= 0.6 is 7.60 Å². The van der Waals surface area contributed by atoms with Crippen molar-refractivity contribution in [2.75, 3.05) is 30.8 Å². The Labute approximate surface area is 138 Å². The third-order valence-corrected chi connectivity index (χ3v) is 5.44. The van der Waals surface area contributed by atoms with E-state index < -0.39 is 7.60 Å². The molecule has 0 spiro atoms. The molecule has 0 radical (unpaired) electrons. The van der Waals surface area contributed by atoms with Crippen molar-refractivity contribution in [3.05, 3.63) is 60.7 Å². The Morgan fingerprint density at radius 2 is 1.26 bits per heavy atom. The van der Waals surface area contributed by atoms with Gasteiger partial charge in [-0.1, -0.05) is 36.4 Å². The maximum absolute atomic E-state index is 12.7. The number of anilines is 2. The highest BCUT2D eigenvalue weighted by Crippen LogP contribution is 2.48. The standard InChI is InChI=1S/C18H24NO3P/c1-3-21-23(20,22-4-2)16-15-19(17-11-7-5-8-12-17)18-13-9-6-10-14-18/h5-14H,3-4,15-16H2,1-2H3. The molecule has 124 valence electrons. The van der Waals surface area contributed by atoms with Gasteiger partial charge in [0, 0.05) is 17.9 Å². The summed E-state index contributed by atoms with van der Waals surface area (Å²) in [4.78, 5) is 2.13. The lowest BCUT2D eigenvalue weighted by Crippen LogP contribution is -2.22. The third-order valence-electron chi connectivity index (χ3n) is 3.38. The van der Waals surface area contributed by atoms with Crippen LogP contribution in [0.4, 0.5) is 11.4 Å². The molecule has 0 bridgehead atoms. The van der Waals surface area contributed by atoms with Crippen LogP contribution in [0, 0.1) is 0 Å². The fourth-order valence-corrected chi connectivity index (χ4v) is 3.97. The van der Waals surface area contributed by atoms with E-state index in [2.05, 4.69) is 4.90 Å². The molecule has 0 heterocycles. The summed E-state index contributed by atoms with van der Waals surface area (Å²) in [6, 6.07) is 20.1. The van der Waals surface area contributed by atoms with Gasteiger partial charge in [-0.25, -0.2) is 0 Å². The van der Waals surface area contributed by atoms with Crippen LogP contribution in [0.15, 0.2) is 60.7 Å². The van der Waals surface area contributed by atoms with Crippen LogP contribution < -0.4 is 4.90 Å². The summed E-state index contributed by atoms with van der Waals surface area (Å²) in [5, 5.41) is 0. The lowest BCUT2D eigenvalue weighted by molar-refractivity contribution is 0.220. The third kappa shape index (κ3) is 5.21. The van der Waals surface area contributed by atoms with E-state index in [1.165, 1.54) is 0 Å². The van der Waals surface area contributed by atoms with E-state index in [0.29, 0.717) is 25.9 Å². The van der Waals surface area contributed by atoms with Gasteiger partial charge >= 0.3 is 7.60 Å². The van der Waals surface area contributed by atoms with E-state index in [0.717, 1.165) is 11.4 Å². The van der Waals surface area contributed by atoms with Gasteiger partial charge in [0.15, 0.2) is 0 Å². The van der Waals surface area contributed by atoms with Gasteiger partial charge in [0.1, 0.15) is 0 Å². The summed E-state index contributed by atoms with van der Waals surface area (Å²) in [6.07, 6.45) is 0.346. The van der Waals surface area contributed by atoms with Crippen LogP contribution in [-0.4, -0.2) is 25.9 Å². The molecule has 0 aromatic heterocycles. The van der Waals surface area contributed by atoms with Crippen LogP contribution in [0.1, 0.15) is 13.8 Å². The van der Waals surface area contributed by atoms with Gasteiger partial charge in [-0.3, -0.25) is 4.57 Å². The van der Waals surface area contributed by atoms with Gasteiger partial charge in [-0.2, -0.15) is 0 Å². The van der Waals surface area contributed by atoms with Crippen molar-refractivity contribution in [3.8, 4) is 0 Å². The maximum atomic E-state index is 12.7. The smallest absolute Gasteiger partial charge is 0.332 e. The topological polar surface area (TPSA) is 38.8 Å². The molecule has 0 saturated carbocycles. The summed E-state index contributed by atoms with van der Waals surface area (Å²) in [7, 11) is -3.06. The first-order valence-electron chi connectivity index (χ1n) is 7.94. The van der Waals surface area contributed by atoms with Gasteiger partial charge in [-0.15, -0.1) is 0 Å². The number of hydrogen-bond donors (Lipinski definition) is 0. The minimum absolute atomic E-state index is 0.346. The van der Waals surface area contributed by atoms with Crippen LogP contribution in [0.2, 0.25) is 0 Å². The normalized spacial score (nSPS) is 11.4. The molecule has 2 rings (SSSR count). The van der Waals surface area contributed by atoms with E-state index in [4.69, 9.17) is 9.05 Å². The van der Waals surface area contributed by atoms with E-state index in [-0.39, 0.29) is 0 Å². The Kier molecular flexibility index (Phi) is 6.85. The lowest BCUT2D eigenvalue weighted by atomic mass is 10.2. The Morgan fingerprint density at radius 1 is 0.826 bits per heavy atom. The zero-order valence-corrected chi connectivity index (χ0v) is 14.6. The number of benzene rings is 2. The summed E-state index contributed by atoms with van der Waals surface area (Å²) in [5.74, 6) is 0. The Bertz CT molecular complexity index is 569. The molecular formula is C18H24NO3P. The van der Waals surface area contributed by atoms with Gasteiger partial charge in [0.2, 0.25) is 0 Å². The Hall–Kier alpha value is -1.61. The van der Waals surface area contributed by atoms with Gasteiger partial charge in [0.25, 0.3) is 0 Å². The summed E-state index contributed by atoms with van der Waals surface area (Å²) in [5.41, 5.74) is 2.11. The second kappa shape index (κ2) is 8.88. The molecule has 0 aliphatic carbocycles. The first-order valence-corrected chi connectivity index (χ1v) is 9.67. The van der Waals surface area contributed by atoms with Crippen molar-refractivity contribution in [1.29, 1.82) is 0 Å². The minimum Gasteiger partial charge on any atom is -0.341 e. The predicted octanol–water partition coefficient (Wildman–Crippen LogP) is 5.09.